The van der Waals surface area contributed by atoms with Crippen LogP contribution in [0.2, 0.25) is 0 Å². The topological polar surface area (TPSA) is 86.9 Å². The average molecular weight is 281 g/mol. The van der Waals surface area contributed by atoms with Crippen LogP contribution in [0, 0.1) is 11.8 Å². The van der Waals surface area contributed by atoms with Gasteiger partial charge < -0.3 is 20.6 Å². The van der Waals surface area contributed by atoms with Crippen molar-refractivity contribution in [1.82, 2.24) is 9.80 Å². The number of piperidine rings is 1. The van der Waals surface area contributed by atoms with Crippen molar-refractivity contribution in [3.63, 3.8) is 0 Å². The Labute approximate surface area is 118 Å². The molecule has 3 atom stereocenters. The second-order valence-electron chi connectivity index (χ2n) is 6.40. The van der Waals surface area contributed by atoms with Crippen LogP contribution < -0.4 is 5.73 Å². The zero-order chi connectivity index (χ0) is 14.3. The minimum absolute atomic E-state index is 0.0984. The lowest BCUT2D eigenvalue weighted by Crippen LogP contribution is -2.52. The zero-order valence-corrected chi connectivity index (χ0v) is 11.7. The Morgan fingerprint density at radius 2 is 1.80 bits per heavy atom. The van der Waals surface area contributed by atoms with Crippen molar-refractivity contribution < 1.29 is 14.7 Å². The smallest absolute Gasteiger partial charge is 0.326 e. The highest BCUT2D eigenvalue weighted by molar-refractivity contribution is 5.84. The predicted molar refractivity (Wildman–Crippen MR) is 73.1 cm³/mol. The second kappa shape index (κ2) is 5.24. The maximum atomic E-state index is 12.6. The summed E-state index contributed by atoms with van der Waals surface area (Å²) in [5.74, 6) is -0.308. The summed E-state index contributed by atoms with van der Waals surface area (Å²) in [5.41, 5.74) is 5.86. The van der Waals surface area contributed by atoms with Gasteiger partial charge in [0.1, 0.15) is 6.04 Å². The minimum Gasteiger partial charge on any atom is -0.480 e. The molecule has 1 aliphatic carbocycles. The van der Waals surface area contributed by atoms with Gasteiger partial charge in [-0.05, 0) is 37.5 Å². The quantitative estimate of drug-likeness (QED) is 0.741. The van der Waals surface area contributed by atoms with E-state index in [-0.39, 0.29) is 18.0 Å². The first-order valence-electron chi connectivity index (χ1n) is 7.62. The van der Waals surface area contributed by atoms with Gasteiger partial charge in [-0.2, -0.15) is 0 Å². The van der Waals surface area contributed by atoms with Crippen LogP contribution in [0.15, 0.2) is 0 Å². The second-order valence-corrected chi connectivity index (χ2v) is 6.40. The highest BCUT2D eigenvalue weighted by atomic mass is 16.4. The number of likely N-dealkylation sites (tertiary alicyclic amines) is 2. The Morgan fingerprint density at radius 3 is 2.45 bits per heavy atom. The van der Waals surface area contributed by atoms with E-state index in [1.807, 2.05) is 0 Å². The SMILES string of the molecule is NC1CCN(C(=O)N2CC3CCCC3C2C(=O)O)CC1. The fourth-order valence-corrected chi connectivity index (χ4v) is 4.09. The molecule has 3 aliphatic rings. The number of rotatable bonds is 1. The summed E-state index contributed by atoms with van der Waals surface area (Å²) in [6.45, 7) is 1.92. The molecule has 0 aromatic carbocycles. The molecule has 0 spiro atoms. The molecule has 2 heterocycles. The Morgan fingerprint density at radius 1 is 1.10 bits per heavy atom. The molecule has 2 saturated heterocycles. The molecule has 2 amide bonds. The van der Waals surface area contributed by atoms with Gasteiger partial charge in [-0.1, -0.05) is 6.42 Å². The number of nitrogens with zero attached hydrogens (tertiary/aromatic N) is 2. The van der Waals surface area contributed by atoms with E-state index in [1.165, 1.54) is 0 Å². The van der Waals surface area contributed by atoms with Crippen LogP contribution in [0.25, 0.3) is 0 Å². The van der Waals surface area contributed by atoms with E-state index in [0.717, 1.165) is 32.1 Å². The van der Waals surface area contributed by atoms with Crippen LogP contribution in [0.5, 0.6) is 0 Å². The summed E-state index contributed by atoms with van der Waals surface area (Å²) in [6, 6.07) is -0.545. The number of carboxylic acid groups (broad SMARTS) is 1. The largest absolute Gasteiger partial charge is 0.480 e. The number of hydrogen-bond acceptors (Lipinski definition) is 3. The van der Waals surface area contributed by atoms with Gasteiger partial charge in [0.2, 0.25) is 0 Å². The van der Waals surface area contributed by atoms with Gasteiger partial charge in [0.15, 0.2) is 0 Å². The molecule has 0 aromatic rings. The third kappa shape index (κ3) is 2.26. The van der Waals surface area contributed by atoms with Crippen LogP contribution in [0.4, 0.5) is 4.79 Å². The number of amides is 2. The lowest BCUT2D eigenvalue weighted by Gasteiger charge is -2.35. The predicted octanol–water partition coefficient (Wildman–Crippen LogP) is 0.715. The fraction of sp³-hybridized carbons (Fsp3) is 0.857. The molecule has 20 heavy (non-hydrogen) atoms. The lowest BCUT2D eigenvalue weighted by atomic mass is 9.94. The normalized spacial score (nSPS) is 34.4. The molecule has 3 N–H and O–H groups in total. The molecule has 1 saturated carbocycles. The molecule has 6 nitrogen and oxygen atoms in total. The van der Waals surface area contributed by atoms with E-state index >= 15 is 0 Å². The molecule has 112 valence electrons. The van der Waals surface area contributed by atoms with Crippen LogP contribution in [0.3, 0.4) is 0 Å². The number of hydrogen-bond donors (Lipinski definition) is 2. The first-order valence-corrected chi connectivity index (χ1v) is 7.62. The highest BCUT2D eigenvalue weighted by Crippen LogP contribution is 2.42. The fourth-order valence-electron chi connectivity index (χ4n) is 4.09. The van der Waals surface area contributed by atoms with E-state index in [2.05, 4.69) is 0 Å². The minimum atomic E-state index is -0.846. The van der Waals surface area contributed by atoms with E-state index in [4.69, 9.17) is 5.73 Å². The number of nitrogens with two attached hydrogens (primary N) is 1. The van der Waals surface area contributed by atoms with Crippen LogP contribution in [0.1, 0.15) is 32.1 Å². The summed E-state index contributed by atoms with van der Waals surface area (Å²) in [7, 11) is 0. The molecule has 3 unspecified atom stereocenters. The van der Waals surface area contributed by atoms with Crippen LogP contribution in [-0.4, -0.2) is 58.6 Å². The van der Waals surface area contributed by atoms with Gasteiger partial charge in [0.05, 0.1) is 0 Å². The third-order valence-corrected chi connectivity index (χ3v) is 5.20. The summed E-state index contributed by atoms with van der Waals surface area (Å²) in [4.78, 5) is 27.5. The average Bonchev–Trinajstić information content (AvgIpc) is 2.97. The third-order valence-electron chi connectivity index (χ3n) is 5.20. The van der Waals surface area contributed by atoms with Crippen LogP contribution >= 0.6 is 0 Å². The molecule has 6 heteroatoms. The molecule has 3 fully saturated rings. The van der Waals surface area contributed by atoms with Crippen molar-refractivity contribution in [1.29, 1.82) is 0 Å². The van der Waals surface area contributed by atoms with E-state index in [1.54, 1.807) is 9.80 Å². The monoisotopic (exact) mass is 281 g/mol. The number of fused-ring (bicyclic) bond motifs is 1. The summed E-state index contributed by atoms with van der Waals surface area (Å²) in [5, 5.41) is 9.49. The summed E-state index contributed by atoms with van der Waals surface area (Å²) in [6.07, 6.45) is 4.72. The van der Waals surface area contributed by atoms with Crippen LogP contribution in [-0.2, 0) is 4.79 Å². The molecule has 2 aliphatic heterocycles. The van der Waals surface area contributed by atoms with Gasteiger partial charge in [0.25, 0.3) is 0 Å². The Balaban J connectivity index is 1.72. The first-order chi connectivity index (χ1) is 9.58. The highest BCUT2D eigenvalue weighted by Gasteiger charge is 2.50. The maximum Gasteiger partial charge on any atom is 0.326 e. The van der Waals surface area contributed by atoms with Gasteiger partial charge in [-0.3, -0.25) is 0 Å². The van der Waals surface area contributed by atoms with Gasteiger partial charge in [-0.25, -0.2) is 9.59 Å². The van der Waals surface area contributed by atoms with E-state index in [0.29, 0.717) is 25.6 Å². The van der Waals surface area contributed by atoms with Crippen molar-refractivity contribution >= 4 is 12.0 Å². The number of carbonyl (C=O) groups excluding carboxylic acids is 1. The Kier molecular flexibility index (Phi) is 3.58. The van der Waals surface area contributed by atoms with Gasteiger partial charge >= 0.3 is 12.0 Å². The molecule has 0 radical (unpaired) electrons. The number of urea groups is 1. The molecule has 3 rings (SSSR count). The molecule has 0 bridgehead atoms. The Bertz CT molecular complexity index is 406. The first kappa shape index (κ1) is 13.7. The number of carboxylic acids is 1. The molecular formula is C14H23N3O3. The van der Waals surface area contributed by atoms with E-state index in [9.17, 15) is 14.7 Å². The van der Waals surface area contributed by atoms with Crippen molar-refractivity contribution in [2.24, 2.45) is 17.6 Å². The zero-order valence-electron chi connectivity index (χ0n) is 11.7. The lowest BCUT2D eigenvalue weighted by molar-refractivity contribution is -0.142. The molecule has 0 aromatic heterocycles. The van der Waals surface area contributed by atoms with Crippen molar-refractivity contribution in [3.05, 3.63) is 0 Å². The van der Waals surface area contributed by atoms with Crippen molar-refractivity contribution in [2.45, 2.75) is 44.2 Å². The van der Waals surface area contributed by atoms with Crippen molar-refractivity contribution in [2.75, 3.05) is 19.6 Å². The van der Waals surface area contributed by atoms with Gasteiger partial charge in [0, 0.05) is 25.7 Å². The maximum absolute atomic E-state index is 12.6. The number of aliphatic carboxylic acids is 1. The summed E-state index contributed by atoms with van der Waals surface area (Å²) < 4.78 is 0. The van der Waals surface area contributed by atoms with Crippen molar-refractivity contribution in [3.8, 4) is 0 Å². The Hall–Kier alpha value is -1.30. The molecular weight excluding hydrogens is 258 g/mol. The summed E-state index contributed by atoms with van der Waals surface area (Å²) >= 11 is 0. The standard InChI is InChI=1S/C14H23N3O3/c15-10-4-6-16(7-5-10)14(20)17-8-9-2-1-3-11(9)12(17)13(18)19/h9-12H,1-8,15H2,(H,18,19). The number of carbonyl (C=O) groups is 2. The van der Waals surface area contributed by atoms with E-state index < -0.39 is 12.0 Å². The van der Waals surface area contributed by atoms with Gasteiger partial charge in [-0.15, -0.1) is 0 Å².